The van der Waals surface area contributed by atoms with Crippen molar-refractivity contribution in [1.29, 1.82) is 0 Å². The van der Waals surface area contributed by atoms with Crippen LogP contribution in [0.4, 0.5) is 0 Å². The van der Waals surface area contributed by atoms with Crippen LogP contribution in [0, 0.1) is 11.3 Å². The predicted octanol–water partition coefficient (Wildman–Crippen LogP) is 3.07. The molecule has 1 fully saturated rings. The quantitative estimate of drug-likeness (QED) is 0.782. The van der Waals surface area contributed by atoms with E-state index in [1.54, 1.807) is 0 Å². The van der Waals surface area contributed by atoms with Crippen LogP contribution >= 0.6 is 0 Å². The molecule has 1 nitrogen and oxygen atoms in total. The molecular weight excluding hydrogens is 182 g/mol. The van der Waals surface area contributed by atoms with Gasteiger partial charge in [-0.05, 0) is 17.9 Å². The lowest BCUT2D eigenvalue weighted by atomic mass is 10.0. The lowest BCUT2D eigenvalue weighted by Crippen LogP contribution is -2.06. The van der Waals surface area contributed by atoms with Crippen LogP contribution in [0.25, 0.3) is 6.08 Å². The third-order valence-corrected chi connectivity index (χ3v) is 3.60. The van der Waals surface area contributed by atoms with Crippen LogP contribution in [0.5, 0.6) is 0 Å². The fraction of sp³-hybridized carbons (Fsp3) is 0.429. The van der Waals surface area contributed by atoms with Gasteiger partial charge < -0.3 is 5.73 Å². The van der Waals surface area contributed by atoms with Gasteiger partial charge in [-0.1, -0.05) is 55.8 Å². The van der Waals surface area contributed by atoms with Crippen molar-refractivity contribution in [2.24, 2.45) is 17.1 Å². The van der Waals surface area contributed by atoms with Gasteiger partial charge in [-0.2, -0.15) is 0 Å². The summed E-state index contributed by atoms with van der Waals surface area (Å²) in [5.74, 6) is 0.553. The van der Waals surface area contributed by atoms with Crippen molar-refractivity contribution in [2.75, 3.05) is 0 Å². The average molecular weight is 201 g/mol. The second-order valence-electron chi connectivity index (χ2n) is 5.12. The van der Waals surface area contributed by atoms with Gasteiger partial charge in [0.1, 0.15) is 0 Å². The first-order chi connectivity index (χ1) is 7.03. The monoisotopic (exact) mass is 201 g/mol. The maximum Gasteiger partial charge on any atom is 0.0168 e. The lowest BCUT2D eigenvalue weighted by Gasteiger charge is -2.02. The minimum Gasteiger partial charge on any atom is -0.327 e. The van der Waals surface area contributed by atoms with Gasteiger partial charge in [-0.25, -0.2) is 0 Å². The molecule has 1 aromatic carbocycles. The summed E-state index contributed by atoms with van der Waals surface area (Å²) in [5.41, 5.74) is 9.02. The average Bonchev–Trinajstić information content (AvgIpc) is 2.67. The Balaban J connectivity index is 2.17. The second kappa shape index (κ2) is 3.49. The van der Waals surface area contributed by atoms with E-state index in [1.807, 2.05) is 6.07 Å². The van der Waals surface area contributed by atoms with Gasteiger partial charge in [0.15, 0.2) is 0 Å². The number of benzene rings is 1. The fourth-order valence-corrected chi connectivity index (χ4v) is 2.45. The first-order valence-electron chi connectivity index (χ1n) is 5.52. The molecule has 80 valence electrons. The largest absolute Gasteiger partial charge is 0.327 e. The Morgan fingerprint density at radius 1 is 1.27 bits per heavy atom. The van der Waals surface area contributed by atoms with E-state index in [1.165, 1.54) is 11.1 Å². The molecule has 0 aromatic heterocycles. The van der Waals surface area contributed by atoms with Crippen molar-refractivity contribution >= 4 is 6.08 Å². The van der Waals surface area contributed by atoms with Gasteiger partial charge >= 0.3 is 0 Å². The molecule has 2 rings (SSSR count). The zero-order valence-electron chi connectivity index (χ0n) is 9.70. The number of hydrogen-bond acceptors (Lipinski definition) is 1. The summed E-state index contributed by atoms with van der Waals surface area (Å²) in [7, 11) is 0. The highest BCUT2D eigenvalue weighted by Gasteiger charge is 2.55. The Morgan fingerprint density at radius 3 is 2.27 bits per heavy atom. The van der Waals surface area contributed by atoms with E-state index in [0.29, 0.717) is 12.0 Å². The molecule has 0 bridgehead atoms. The van der Waals surface area contributed by atoms with Crippen molar-refractivity contribution in [2.45, 2.75) is 26.8 Å². The van der Waals surface area contributed by atoms with Crippen LogP contribution in [0.1, 0.15) is 26.3 Å². The van der Waals surface area contributed by atoms with Crippen LogP contribution in [-0.4, -0.2) is 6.04 Å². The maximum absolute atomic E-state index is 6.06. The van der Waals surface area contributed by atoms with Gasteiger partial charge in [0.2, 0.25) is 0 Å². The van der Waals surface area contributed by atoms with Crippen LogP contribution in [0.2, 0.25) is 0 Å². The Morgan fingerprint density at radius 2 is 1.80 bits per heavy atom. The van der Waals surface area contributed by atoms with Crippen molar-refractivity contribution in [3.8, 4) is 0 Å². The zero-order valence-corrected chi connectivity index (χ0v) is 9.70. The van der Waals surface area contributed by atoms with Crippen LogP contribution in [0.15, 0.2) is 35.9 Å². The molecule has 2 N–H and O–H groups in total. The van der Waals surface area contributed by atoms with Gasteiger partial charge in [-0.3, -0.25) is 0 Å². The summed E-state index contributed by atoms with van der Waals surface area (Å²) in [5, 5.41) is 0. The van der Waals surface area contributed by atoms with Crippen molar-refractivity contribution in [1.82, 2.24) is 0 Å². The Hall–Kier alpha value is -1.08. The lowest BCUT2D eigenvalue weighted by molar-refractivity contribution is 0.583. The van der Waals surface area contributed by atoms with Gasteiger partial charge in [-0.15, -0.1) is 0 Å². The molecule has 1 aromatic rings. The molecule has 2 unspecified atom stereocenters. The molecule has 1 aliphatic carbocycles. The fourth-order valence-electron chi connectivity index (χ4n) is 2.45. The van der Waals surface area contributed by atoms with Crippen LogP contribution in [0.3, 0.4) is 0 Å². The van der Waals surface area contributed by atoms with Crippen LogP contribution in [-0.2, 0) is 0 Å². The molecule has 0 amide bonds. The highest BCUT2D eigenvalue weighted by Crippen LogP contribution is 2.54. The van der Waals surface area contributed by atoms with E-state index in [2.05, 4.69) is 51.1 Å². The smallest absolute Gasteiger partial charge is 0.0168 e. The van der Waals surface area contributed by atoms with Gasteiger partial charge in [0.25, 0.3) is 0 Å². The Labute approximate surface area is 92.0 Å². The molecule has 0 radical (unpaired) electrons. The van der Waals surface area contributed by atoms with E-state index in [-0.39, 0.29) is 5.41 Å². The topological polar surface area (TPSA) is 26.0 Å². The van der Waals surface area contributed by atoms with Crippen molar-refractivity contribution in [3.05, 3.63) is 41.5 Å². The normalized spacial score (nSPS) is 28.9. The summed E-state index contributed by atoms with van der Waals surface area (Å²) in [4.78, 5) is 0. The summed E-state index contributed by atoms with van der Waals surface area (Å²) in [6.07, 6.45) is 2.25. The van der Waals surface area contributed by atoms with E-state index in [9.17, 15) is 0 Å². The van der Waals surface area contributed by atoms with E-state index in [4.69, 9.17) is 5.73 Å². The van der Waals surface area contributed by atoms with Gasteiger partial charge in [0.05, 0.1) is 0 Å². The van der Waals surface area contributed by atoms with Gasteiger partial charge in [0, 0.05) is 12.0 Å². The number of nitrogens with two attached hydrogens (primary N) is 1. The number of hydrogen-bond donors (Lipinski definition) is 1. The molecular formula is C14H19N. The molecule has 0 heterocycles. The molecule has 15 heavy (non-hydrogen) atoms. The summed E-state index contributed by atoms with van der Waals surface area (Å²) in [6, 6.07) is 10.8. The van der Waals surface area contributed by atoms with Crippen molar-refractivity contribution < 1.29 is 0 Å². The molecule has 1 aliphatic rings. The first-order valence-corrected chi connectivity index (χ1v) is 5.52. The van der Waals surface area contributed by atoms with Crippen LogP contribution < -0.4 is 5.73 Å². The van der Waals surface area contributed by atoms with Crippen molar-refractivity contribution in [3.63, 3.8) is 0 Å². The summed E-state index contributed by atoms with van der Waals surface area (Å²) < 4.78 is 0. The third kappa shape index (κ3) is 1.84. The van der Waals surface area contributed by atoms with E-state index >= 15 is 0 Å². The minimum atomic E-state index is 0.287. The Kier molecular flexibility index (Phi) is 2.43. The predicted molar refractivity (Wildman–Crippen MR) is 65.3 cm³/mol. The molecule has 1 heteroatoms. The maximum atomic E-state index is 6.06. The number of rotatable bonds is 2. The Bertz CT molecular complexity index is 376. The second-order valence-corrected chi connectivity index (χ2v) is 5.12. The highest BCUT2D eigenvalue weighted by atomic mass is 14.8. The van der Waals surface area contributed by atoms with E-state index in [0.717, 1.165) is 0 Å². The summed E-state index contributed by atoms with van der Waals surface area (Å²) in [6.45, 7) is 6.67. The standard InChI is InChI=1S/C14H19N/c1-10(12-13(15)14(12,2)3)9-11-7-5-4-6-8-11/h4-9,12-13H,15H2,1-3H3/b10-9-. The molecule has 2 atom stereocenters. The molecule has 1 saturated carbocycles. The zero-order chi connectivity index (χ0) is 11.1. The SMILES string of the molecule is C/C(=C/c1ccccc1)C1C(N)C1(C)C. The third-order valence-electron chi connectivity index (χ3n) is 3.60. The molecule has 0 aliphatic heterocycles. The first kappa shape index (κ1) is 10.4. The summed E-state index contributed by atoms with van der Waals surface area (Å²) >= 11 is 0. The molecule has 0 spiro atoms. The highest BCUT2D eigenvalue weighted by molar-refractivity contribution is 5.54. The van der Waals surface area contributed by atoms with E-state index < -0.39 is 0 Å². The molecule has 0 saturated heterocycles. The minimum absolute atomic E-state index is 0.287.